The van der Waals surface area contributed by atoms with Crippen LogP contribution in [0.1, 0.15) is 30.9 Å². The van der Waals surface area contributed by atoms with Crippen LogP contribution in [0, 0.1) is 5.92 Å². The van der Waals surface area contributed by atoms with Gasteiger partial charge in [0.2, 0.25) is 5.91 Å². The first-order valence-corrected chi connectivity index (χ1v) is 6.80. The lowest BCUT2D eigenvalue weighted by Crippen LogP contribution is -2.39. The quantitative estimate of drug-likeness (QED) is 0.858. The molecule has 0 saturated heterocycles. The number of nitrogens with zero attached hydrogens (tertiary/aromatic N) is 1. The minimum absolute atomic E-state index is 0.0920. The predicted molar refractivity (Wildman–Crippen MR) is 76.1 cm³/mol. The van der Waals surface area contributed by atoms with Gasteiger partial charge in [-0.25, -0.2) is 4.79 Å². The summed E-state index contributed by atoms with van der Waals surface area (Å²) in [5, 5.41) is 9.44. The molecule has 0 bridgehead atoms. The molecule has 1 amide bonds. The van der Waals surface area contributed by atoms with Crippen LogP contribution in [0.4, 0.5) is 0 Å². The minimum Gasteiger partial charge on any atom is -0.479 e. The summed E-state index contributed by atoms with van der Waals surface area (Å²) in [5.74, 6) is -1.19. The second kappa shape index (κ2) is 6.37. The zero-order valence-electron chi connectivity index (χ0n) is 11.5. The van der Waals surface area contributed by atoms with Crippen molar-refractivity contribution in [3.05, 3.63) is 48.0 Å². The van der Waals surface area contributed by atoms with E-state index in [1.807, 2.05) is 12.1 Å². The van der Waals surface area contributed by atoms with Crippen molar-refractivity contribution < 1.29 is 14.7 Å². The highest BCUT2D eigenvalue weighted by Gasteiger charge is 2.31. The predicted octanol–water partition coefficient (Wildman–Crippen LogP) is 2.63. The fourth-order valence-electron chi connectivity index (χ4n) is 2.60. The van der Waals surface area contributed by atoms with Crippen molar-refractivity contribution >= 4 is 11.9 Å². The molecule has 0 fully saturated rings. The Kier molecular flexibility index (Phi) is 4.56. The Labute approximate surface area is 118 Å². The molecule has 0 aromatic heterocycles. The maximum Gasteiger partial charge on any atom is 0.331 e. The van der Waals surface area contributed by atoms with Crippen molar-refractivity contribution in [2.75, 3.05) is 7.05 Å². The normalized spacial score (nSPS) is 19.4. The van der Waals surface area contributed by atoms with Crippen molar-refractivity contribution in [1.29, 1.82) is 0 Å². The number of carbonyl (C=O) groups is 2. The Balaban J connectivity index is 2.19. The topological polar surface area (TPSA) is 57.6 Å². The molecule has 1 aliphatic carbocycles. The van der Waals surface area contributed by atoms with Crippen LogP contribution < -0.4 is 0 Å². The maximum absolute atomic E-state index is 12.4. The summed E-state index contributed by atoms with van der Waals surface area (Å²) in [6, 6.07) is 7.96. The lowest BCUT2D eigenvalue weighted by atomic mass is 9.92. The van der Waals surface area contributed by atoms with Crippen LogP contribution in [0.15, 0.2) is 42.5 Å². The van der Waals surface area contributed by atoms with Gasteiger partial charge in [0.1, 0.15) is 0 Å². The van der Waals surface area contributed by atoms with Crippen molar-refractivity contribution in [1.82, 2.24) is 4.90 Å². The molecule has 2 atom stereocenters. The second-order valence-electron chi connectivity index (χ2n) is 5.08. The van der Waals surface area contributed by atoms with E-state index in [0.29, 0.717) is 12.0 Å². The first-order chi connectivity index (χ1) is 9.61. The summed E-state index contributed by atoms with van der Waals surface area (Å²) in [6.07, 6.45) is 6.44. The van der Waals surface area contributed by atoms with Crippen LogP contribution in [0.2, 0.25) is 0 Å². The number of allylic oxidation sites excluding steroid dienone is 2. The molecule has 2 unspecified atom stereocenters. The molecule has 106 valence electrons. The molecule has 0 saturated carbocycles. The zero-order valence-corrected chi connectivity index (χ0v) is 11.5. The Hall–Kier alpha value is -2.10. The third-order valence-corrected chi connectivity index (χ3v) is 3.70. The van der Waals surface area contributed by atoms with Crippen LogP contribution in [0.5, 0.6) is 0 Å². The highest BCUT2D eigenvalue weighted by Crippen LogP contribution is 2.26. The highest BCUT2D eigenvalue weighted by molar-refractivity contribution is 5.86. The number of benzene rings is 1. The standard InChI is InChI=1S/C16H19NO3/c1-17(15(18)13-10-6-3-7-11-13)14(16(19)20)12-8-4-2-5-9-12/h2-6,8-9,13-14H,7,10-11H2,1H3,(H,19,20). The molecule has 4 heteroatoms. The number of carbonyl (C=O) groups excluding carboxylic acids is 1. The average molecular weight is 273 g/mol. The molecule has 1 aromatic rings. The number of likely N-dealkylation sites (N-methyl/N-ethyl adjacent to an activating group) is 1. The lowest BCUT2D eigenvalue weighted by molar-refractivity contribution is -0.151. The molecule has 1 aliphatic rings. The largest absolute Gasteiger partial charge is 0.479 e. The van der Waals surface area contributed by atoms with Crippen LogP contribution in [-0.4, -0.2) is 28.9 Å². The molecule has 20 heavy (non-hydrogen) atoms. The Morgan fingerprint density at radius 2 is 1.95 bits per heavy atom. The van der Waals surface area contributed by atoms with E-state index in [-0.39, 0.29) is 11.8 Å². The van der Waals surface area contributed by atoms with Gasteiger partial charge in [0.15, 0.2) is 6.04 Å². The van der Waals surface area contributed by atoms with E-state index in [4.69, 9.17) is 0 Å². The average Bonchev–Trinajstić information content (AvgIpc) is 2.48. The SMILES string of the molecule is CN(C(=O)C1CC=CCC1)C(C(=O)O)c1ccccc1. The molecule has 0 aliphatic heterocycles. The van der Waals surface area contributed by atoms with Crippen LogP contribution in [-0.2, 0) is 9.59 Å². The molecule has 0 heterocycles. The first kappa shape index (κ1) is 14.3. The number of hydrogen-bond donors (Lipinski definition) is 1. The Morgan fingerprint density at radius 1 is 1.25 bits per heavy atom. The molecule has 4 nitrogen and oxygen atoms in total. The molecular formula is C16H19NO3. The van der Waals surface area contributed by atoms with E-state index in [1.54, 1.807) is 31.3 Å². The van der Waals surface area contributed by atoms with Crippen LogP contribution >= 0.6 is 0 Å². The molecular weight excluding hydrogens is 254 g/mol. The van der Waals surface area contributed by atoms with E-state index in [9.17, 15) is 14.7 Å². The summed E-state index contributed by atoms with van der Waals surface area (Å²) in [7, 11) is 1.58. The van der Waals surface area contributed by atoms with E-state index in [1.165, 1.54) is 4.90 Å². The smallest absolute Gasteiger partial charge is 0.331 e. The van der Waals surface area contributed by atoms with Gasteiger partial charge in [-0.05, 0) is 24.8 Å². The fourth-order valence-corrected chi connectivity index (χ4v) is 2.60. The van der Waals surface area contributed by atoms with Crippen molar-refractivity contribution in [2.24, 2.45) is 5.92 Å². The first-order valence-electron chi connectivity index (χ1n) is 6.80. The lowest BCUT2D eigenvalue weighted by Gasteiger charge is -2.29. The number of amides is 1. The van der Waals surface area contributed by atoms with Gasteiger partial charge >= 0.3 is 5.97 Å². The molecule has 1 N–H and O–H groups in total. The van der Waals surface area contributed by atoms with Gasteiger partial charge < -0.3 is 10.0 Å². The number of rotatable bonds is 4. The molecule has 1 aromatic carbocycles. The van der Waals surface area contributed by atoms with Gasteiger partial charge in [0, 0.05) is 13.0 Å². The minimum atomic E-state index is -1.00. The molecule has 2 rings (SSSR count). The number of carboxylic acids is 1. The van der Waals surface area contributed by atoms with Gasteiger partial charge in [-0.2, -0.15) is 0 Å². The highest BCUT2D eigenvalue weighted by atomic mass is 16.4. The van der Waals surface area contributed by atoms with Crippen LogP contribution in [0.25, 0.3) is 0 Å². The molecule has 0 radical (unpaired) electrons. The Morgan fingerprint density at radius 3 is 2.50 bits per heavy atom. The van der Waals surface area contributed by atoms with Crippen molar-refractivity contribution in [3.8, 4) is 0 Å². The number of aliphatic carboxylic acids is 1. The number of hydrogen-bond acceptors (Lipinski definition) is 2. The third kappa shape index (κ3) is 3.07. The second-order valence-corrected chi connectivity index (χ2v) is 5.08. The van der Waals surface area contributed by atoms with E-state index in [2.05, 4.69) is 6.08 Å². The summed E-state index contributed by atoms with van der Waals surface area (Å²) in [5.41, 5.74) is 0.627. The summed E-state index contributed by atoms with van der Waals surface area (Å²) < 4.78 is 0. The summed E-state index contributed by atoms with van der Waals surface area (Å²) in [4.78, 5) is 25.3. The van der Waals surface area contributed by atoms with Crippen molar-refractivity contribution in [2.45, 2.75) is 25.3 Å². The number of carboxylic acid groups (broad SMARTS) is 1. The summed E-state index contributed by atoms with van der Waals surface area (Å²) >= 11 is 0. The molecule has 0 spiro atoms. The maximum atomic E-state index is 12.4. The van der Waals surface area contributed by atoms with Gasteiger partial charge in [-0.3, -0.25) is 4.79 Å². The summed E-state index contributed by atoms with van der Waals surface area (Å²) in [6.45, 7) is 0. The Bertz CT molecular complexity index is 510. The zero-order chi connectivity index (χ0) is 14.5. The van der Waals surface area contributed by atoms with Gasteiger partial charge in [-0.15, -0.1) is 0 Å². The van der Waals surface area contributed by atoms with Gasteiger partial charge in [0.05, 0.1) is 0 Å². The van der Waals surface area contributed by atoms with E-state index < -0.39 is 12.0 Å². The fraction of sp³-hybridized carbons (Fsp3) is 0.375. The van der Waals surface area contributed by atoms with E-state index >= 15 is 0 Å². The van der Waals surface area contributed by atoms with Crippen molar-refractivity contribution in [3.63, 3.8) is 0 Å². The van der Waals surface area contributed by atoms with E-state index in [0.717, 1.165) is 12.8 Å². The van der Waals surface area contributed by atoms with Crippen LogP contribution in [0.3, 0.4) is 0 Å². The third-order valence-electron chi connectivity index (χ3n) is 3.70. The van der Waals surface area contributed by atoms with Gasteiger partial charge in [0.25, 0.3) is 0 Å². The monoisotopic (exact) mass is 273 g/mol. The van der Waals surface area contributed by atoms with Gasteiger partial charge in [-0.1, -0.05) is 42.5 Å².